The van der Waals surface area contributed by atoms with Crippen molar-refractivity contribution in [2.24, 2.45) is 7.05 Å². The van der Waals surface area contributed by atoms with E-state index in [2.05, 4.69) is 0 Å². The van der Waals surface area contributed by atoms with Crippen molar-refractivity contribution in [1.82, 2.24) is 4.57 Å². The van der Waals surface area contributed by atoms with Gasteiger partial charge in [0.05, 0.1) is 5.60 Å². The molecule has 1 N–H and O–H groups in total. The van der Waals surface area contributed by atoms with Gasteiger partial charge in [0, 0.05) is 34.7 Å². The van der Waals surface area contributed by atoms with Crippen molar-refractivity contribution in [3.05, 3.63) is 35.0 Å². The first-order valence-electron chi connectivity index (χ1n) is 5.08. The maximum atomic E-state index is 10.1. The zero-order valence-electron chi connectivity index (χ0n) is 8.50. The molecular formula is C12H12ClNO. The number of aliphatic hydroxyl groups is 1. The molecule has 0 saturated heterocycles. The van der Waals surface area contributed by atoms with E-state index in [4.69, 9.17) is 11.6 Å². The van der Waals surface area contributed by atoms with Gasteiger partial charge in [0.2, 0.25) is 0 Å². The van der Waals surface area contributed by atoms with Crippen molar-refractivity contribution in [3.8, 4) is 0 Å². The first kappa shape index (κ1) is 9.25. The summed E-state index contributed by atoms with van der Waals surface area (Å²) >= 11 is 5.95. The first-order valence-corrected chi connectivity index (χ1v) is 5.45. The fraction of sp³-hybridized carbons (Fsp3) is 0.333. The van der Waals surface area contributed by atoms with Gasteiger partial charge in [0.15, 0.2) is 0 Å². The maximum absolute atomic E-state index is 10.1. The van der Waals surface area contributed by atoms with Crippen LogP contribution in [-0.2, 0) is 12.6 Å². The summed E-state index contributed by atoms with van der Waals surface area (Å²) in [5.74, 6) is 0. The molecule has 0 unspecified atom stereocenters. The predicted octanol–water partition coefficient (Wildman–Crippen LogP) is 2.81. The van der Waals surface area contributed by atoms with Crippen LogP contribution in [-0.4, -0.2) is 9.67 Å². The van der Waals surface area contributed by atoms with Crippen LogP contribution in [0.2, 0.25) is 5.02 Å². The Hall–Kier alpha value is -0.990. The van der Waals surface area contributed by atoms with E-state index in [0.717, 1.165) is 34.3 Å². The molecule has 1 aromatic heterocycles. The molecule has 15 heavy (non-hydrogen) atoms. The molecular weight excluding hydrogens is 210 g/mol. The normalized spacial score (nSPS) is 18.3. The van der Waals surface area contributed by atoms with Crippen molar-refractivity contribution < 1.29 is 5.11 Å². The van der Waals surface area contributed by atoms with E-state index in [1.165, 1.54) is 0 Å². The highest BCUT2D eigenvalue weighted by atomic mass is 35.5. The molecule has 1 saturated carbocycles. The second-order valence-corrected chi connectivity index (χ2v) is 4.78. The molecule has 1 aliphatic rings. The maximum Gasteiger partial charge on any atom is 0.0919 e. The first-order chi connectivity index (χ1) is 7.10. The summed E-state index contributed by atoms with van der Waals surface area (Å²) in [5.41, 5.74) is 1.54. The van der Waals surface area contributed by atoms with Crippen LogP contribution in [0.3, 0.4) is 0 Å². The number of rotatable bonds is 1. The quantitative estimate of drug-likeness (QED) is 0.787. The molecule has 3 rings (SSSR count). The SMILES string of the molecule is Cn1cc(C2(O)CC2)c2ccc(Cl)cc21. The zero-order chi connectivity index (χ0) is 10.6. The lowest BCUT2D eigenvalue weighted by Crippen LogP contribution is -2.02. The Morgan fingerprint density at radius 3 is 2.80 bits per heavy atom. The van der Waals surface area contributed by atoms with Crippen molar-refractivity contribution in [1.29, 1.82) is 0 Å². The van der Waals surface area contributed by atoms with E-state index in [0.29, 0.717) is 0 Å². The zero-order valence-corrected chi connectivity index (χ0v) is 9.25. The number of fused-ring (bicyclic) bond motifs is 1. The summed E-state index contributed by atoms with van der Waals surface area (Å²) < 4.78 is 2.02. The molecule has 1 aliphatic carbocycles. The van der Waals surface area contributed by atoms with Gasteiger partial charge in [0.25, 0.3) is 0 Å². The number of benzene rings is 1. The van der Waals surface area contributed by atoms with Crippen LogP contribution in [0.1, 0.15) is 18.4 Å². The Morgan fingerprint density at radius 2 is 2.13 bits per heavy atom. The van der Waals surface area contributed by atoms with Gasteiger partial charge in [-0.05, 0) is 25.0 Å². The molecule has 2 nitrogen and oxygen atoms in total. The van der Waals surface area contributed by atoms with E-state index in [-0.39, 0.29) is 0 Å². The van der Waals surface area contributed by atoms with Gasteiger partial charge in [-0.25, -0.2) is 0 Å². The lowest BCUT2D eigenvalue weighted by Gasteiger charge is -2.04. The second kappa shape index (κ2) is 2.77. The lowest BCUT2D eigenvalue weighted by atomic mass is 10.1. The number of aromatic nitrogens is 1. The molecule has 3 heteroatoms. The smallest absolute Gasteiger partial charge is 0.0919 e. The summed E-state index contributed by atoms with van der Waals surface area (Å²) in [4.78, 5) is 0. The van der Waals surface area contributed by atoms with Gasteiger partial charge < -0.3 is 9.67 Å². The molecule has 1 aromatic carbocycles. The topological polar surface area (TPSA) is 25.2 Å². The van der Waals surface area contributed by atoms with Gasteiger partial charge in [-0.15, -0.1) is 0 Å². The summed E-state index contributed by atoms with van der Waals surface area (Å²) in [7, 11) is 1.98. The third-order valence-electron chi connectivity index (χ3n) is 3.18. The van der Waals surface area contributed by atoms with Crippen molar-refractivity contribution in [2.75, 3.05) is 0 Å². The van der Waals surface area contributed by atoms with E-state index < -0.39 is 5.60 Å². The second-order valence-electron chi connectivity index (χ2n) is 4.35. The summed E-state index contributed by atoms with van der Waals surface area (Å²) in [6.45, 7) is 0. The Morgan fingerprint density at radius 1 is 1.40 bits per heavy atom. The van der Waals surface area contributed by atoms with Gasteiger partial charge in [-0.1, -0.05) is 17.7 Å². The van der Waals surface area contributed by atoms with Gasteiger partial charge >= 0.3 is 0 Å². The number of hydrogen-bond acceptors (Lipinski definition) is 1. The number of halogens is 1. The minimum atomic E-state index is -0.576. The number of aryl methyl sites for hydroxylation is 1. The van der Waals surface area contributed by atoms with Crippen LogP contribution in [0.5, 0.6) is 0 Å². The van der Waals surface area contributed by atoms with Crippen molar-refractivity contribution in [2.45, 2.75) is 18.4 Å². The van der Waals surface area contributed by atoms with Gasteiger partial charge in [0.1, 0.15) is 0 Å². The molecule has 2 aromatic rings. The third-order valence-corrected chi connectivity index (χ3v) is 3.41. The Balaban J connectivity index is 2.33. The van der Waals surface area contributed by atoms with Gasteiger partial charge in [-0.2, -0.15) is 0 Å². The predicted molar refractivity (Wildman–Crippen MR) is 61.1 cm³/mol. The van der Waals surface area contributed by atoms with E-state index >= 15 is 0 Å². The van der Waals surface area contributed by atoms with Crippen LogP contribution in [0.15, 0.2) is 24.4 Å². The minimum Gasteiger partial charge on any atom is -0.385 e. The highest BCUT2D eigenvalue weighted by Gasteiger charge is 2.43. The fourth-order valence-electron chi connectivity index (χ4n) is 2.12. The molecule has 0 radical (unpaired) electrons. The van der Waals surface area contributed by atoms with Crippen LogP contribution in [0.25, 0.3) is 10.9 Å². The minimum absolute atomic E-state index is 0.576. The number of nitrogens with zero attached hydrogens (tertiary/aromatic N) is 1. The van der Waals surface area contributed by atoms with Crippen LogP contribution in [0.4, 0.5) is 0 Å². The van der Waals surface area contributed by atoms with E-state index in [9.17, 15) is 5.11 Å². The molecule has 0 bridgehead atoms. The van der Waals surface area contributed by atoms with Crippen molar-refractivity contribution >= 4 is 22.5 Å². The van der Waals surface area contributed by atoms with Gasteiger partial charge in [-0.3, -0.25) is 0 Å². The van der Waals surface area contributed by atoms with E-state index in [1.807, 2.05) is 36.0 Å². The van der Waals surface area contributed by atoms with Crippen LogP contribution in [0, 0.1) is 0 Å². The Bertz CT molecular complexity index is 540. The fourth-order valence-corrected chi connectivity index (χ4v) is 2.28. The molecule has 0 spiro atoms. The molecule has 0 atom stereocenters. The molecule has 1 fully saturated rings. The van der Waals surface area contributed by atoms with Crippen molar-refractivity contribution in [3.63, 3.8) is 0 Å². The summed E-state index contributed by atoms with van der Waals surface area (Å²) in [6.07, 6.45) is 3.75. The summed E-state index contributed by atoms with van der Waals surface area (Å²) in [5, 5.41) is 12.0. The highest BCUT2D eigenvalue weighted by molar-refractivity contribution is 6.31. The summed E-state index contributed by atoms with van der Waals surface area (Å²) in [6, 6.07) is 5.80. The average Bonchev–Trinajstić information content (AvgIpc) is 2.85. The van der Waals surface area contributed by atoms with Crippen LogP contribution < -0.4 is 0 Å². The third kappa shape index (κ3) is 1.29. The number of hydrogen-bond donors (Lipinski definition) is 1. The lowest BCUT2D eigenvalue weighted by molar-refractivity contribution is 0.153. The Kier molecular flexibility index (Phi) is 1.71. The molecule has 78 valence electrons. The highest BCUT2D eigenvalue weighted by Crippen LogP contribution is 2.48. The molecule has 0 amide bonds. The standard InChI is InChI=1S/C12H12ClNO/c1-14-7-10(12(15)4-5-12)9-3-2-8(13)6-11(9)14/h2-3,6-7,15H,4-5H2,1H3. The largest absolute Gasteiger partial charge is 0.385 e. The molecule has 0 aliphatic heterocycles. The molecule has 1 heterocycles. The van der Waals surface area contributed by atoms with Crippen LogP contribution >= 0.6 is 11.6 Å². The average molecular weight is 222 g/mol. The monoisotopic (exact) mass is 221 g/mol. The van der Waals surface area contributed by atoms with E-state index in [1.54, 1.807) is 0 Å². The Labute approximate surface area is 93.1 Å².